The average Bonchev–Trinajstić information content (AvgIpc) is 2.42. The molecule has 2 aromatic rings. The predicted octanol–water partition coefficient (Wildman–Crippen LogP) is 5.79. The third-order valence-electron chi connectivity index (χ3n) is 3.15. The van der Waals surface area contributed by atoms with Crippen molar-refractivity contribution in [3.8, 4) is 11.5 Å². The SMILES string of the molecule is CC(C)(C)c1ccc(Oc2c(F)cc(CCl)cc2F)cc1. The van der Waals surface area contributed by atoms with Crippen molar-refractivity contribution in [1.29, 1.82) is 0 Å². The van der Waals surface area contributed by atoms with E-state index in [0.717, 1.165) is 5.56 Å². The molecule has 0 saturated carbocycles. The van der Waals surface area contributed by atoms with Crippen LogP contribution in [0.5, 0.6) is 11.5 Å². The molecule has 0 atom stereocenters. The van der Waals surface area contributed by atoms with E-state index in [-0.39, 0.29) is 11.3 Å². The molecule has 2 rings (SSSR count). The van der Waals surface area contributed by atoms with Gasteiger partial charge in [0, 0.05) is 5.88 Å². The summed E-state index contributed by atoms with van der Waals surface area (Å²) in [5.74, 6) is -1.49. The van der Waals surface area contributed by atoms with Crippen molar-refractivity contribution in [2.75, 3.05) is 0 Å². The molecular formula is C17H17ClF2O. The van der Waals surface area contributed by atoms with Gasteiger partial charge in [-0.15, -0.1) is 11.6 Å². The maximum absolute atomic E-state index is 13.8. The summed E-state index contributed by atoms with van der Waals surface area (Å²) in [7, 11) is 0. The smallest absolute Gasteiger partial charge is 0.198 e. The van der Waals surface area contributed by atoms with Gasteiger partial charge in [-0.1, -0.05) is 32.9 Å². The molecule has 0 unspecified atom stereocenters. The third-order valence-corrected chi connectivity index (χ3v) is 3.46. The van der Waals surface area contributed by atoms with Crippen molar-refractivity contribution in [2.24, 2.45) is 0 Å². The summed E-state index contributed by atoms with van der Waals surface area (Å²) in [4.78, 5) is 0. The molecule has 4 heteroatoms. The highest BCUT2D eigenvalue weighted by molar-refractivity contribution is 6.17. The van der Waals surface area contributed by atoms with Crippen LogP contribution in [0.2, 0.25) is 0 Å². The molecule has 0 aromatic heterocycles. The summed E-state index contributed by atoms with van der Waals surface area (Å²) in [5, 5.41) is 0. The van der Waals surface area contributed by atoms with Crippen LogP contribution in [0.4, 0.5) is 8.78 Å². The zero-order chi connectivity index (χ0) is 15.6. The minimum atomic E-state index is -0.759. The van der Waals surface area contributed by atoms with Gasteiger partial charge in [0.15, 0.2) is 17.4 Å². The first-order chi connectivity index (χ1) is 9.81. The van der Waals surface area contributed by atoms with Gasteiger partial charge in [-0.05, 0) is 40.8 Å². The second kappa shape index (κ2) is 6.02. The topological polar surface area (TPSA) is 9.23 Å². The molecule has 1 nitrogen and oxygen atoms in total. The highest BCUT2D eigenvalue weighted by atomic mass is 35.5. The maximum Gasteiger partial charge on any atom is 0.198 e. The Morgan fingerprint density at radius 2 is 1.52 bits per heavy atom. The molecule has 0 fully saturated rings. The lowest BCUT2D eigenvalue weighted by molar-refractivity contribution is 0.406. The van der Waals surface area contributed by atoms with E-state index < -0.39 is 17.4 Å². The van der Waals surface area contributed by atoms with Crippen molar-refractivity contribution >= 4 is 11.6 Å². The Morgan fingerprint density at radius 1 is 1.00 bits per heavy atom. The molecular weight excluding hydrogens is 294 g/mol. The Hall–Kier alpha value is -1.61. The van der Waals surface area contributed by atoms with Crippen LogP contribution >= 0.6 is 11.6 Å². The van der Waals surface area contributed by atoms with Crippen LogP contribution < -0.4 is 4.74 Å². The molecule has 0 bridgehead atoms. The minimum absolute atomic E-state index is 0.0109. The average molecular weight is 311 g/mol. The molecule has 0 heterocycles. The van der Waals surface area contributed by atoms with Gasteiger partial charge in [0.1, 0.15) is 5.75 Å². The Labute approximate surface area is 128 Å². The molecule has 0 aliphatic carbocycles. The van der Waals surface area contributed by atoms with Crippen molar-refractivity contribution < 1.29 is 13.5 Å². The van der Waals surface area contributed by atoms with Crippen molar-refractivity contribution in [3.05, 3.63) is 59.2 Å². The summed E-state index contributed by atoms with van der Waals surface area (Å²) in [6, 6.07) is 9.53. The summed E-state index contributed by atoms with van der Waals surface area (Å²) in [6.45, 7) is 6.27. The van der Waals surface area contributed by atoms with E-state index in [2.05, 4.69) is 20.8 Å². The van der Waals surface area contributed by atoms with E-state index in [1.54, 1.807) is 12.1 Å². The van der Waals surface area contributed by atoms with Crippen LogP contribution in [0.1, 0.15) is 31.9 Å². The van der Waals surface area contributed by atoms with Crippen molar-refractivity contribution in [3.63, 3.8) is 0 Å². The molecule has 112 valence electrons. The fraction of sp³-hybridized carbons (Fsp3) is 0.294. The van der Waals surface area contributed by atoms with E-state index in [4.69, 9.17) is 16.3 Å². The maximum atomic E-state index is 13.8. The lowest BCUT2D eigenvalue weighted by atomic mass is 9.87. The molecule has 21 heavy (non-hydrogen) atoms. The lowest BCUT2D eigenvalue weighted by Gasteiger charge is -2.19. The highest BCUT2D eigenvalue weighted by Crippen LogP contribution is 2.31. The number of hydrogen-bond donors (Lipinski definition) is 0. The predicted molar refractivity (Wildman–Crippen MR) is 81.1 cm³/mol. The minimum Gasteiger partial charge on any atom is -0.451 e. The van der Waals surface area contributed by atoms with Crippen LogP contribution in [0.3, 0.4) is 0 Å². The first kappa shape index (κ1) is 15.8. The number of ether oxygens (including phenoxy) is 1. The first-order valence-electron chi connectivity index (χ1n) is 6.63. The van der Waals surface area contributed by atoms with Gasteiger partial charge in [-0.3, -0.25) is 0 Å². The van der Waals surface area contributed by atoms with Crippen LogP contribution in [0, 0.1) is 11.6 Å². The van der Waals surface area contributed by atoms with Gasteiger partial charge >= 0.3 is 0 Å². The molecule has 0 radical (unpaired) electrons. The number of halogens is 3. The van der Waals surface area contributed by atoms with Gasteiger partial charge in [0.2, 0.25) is 0 Å². The normalized spacial score (nSPS) is 11.5. The van der Waals surface area contributed by atoms with Crippen molar-refractivity contribution in [1.82, 2.24) is 0 Å². The van der Waals surface area contributed by atoms with E-state index in [1.807, 2.05) is 12.1 Å². The Kier molecular flexibility index (Phi) is 4.52. The van der Waals surface area contributed by atoms with Gasteiger partial charge in [0.25, 0.3) is 0 Å². The molecule has 0 aliphatic rings. The summed E-state index contributed by atoms with van der Waals surface area (Å²) >= 11 is 5.57. The van der Waals surface area contributed by atoms with E-state index in [0.29, 0.717) is 11.3 Å². The molecule has 0 N–H and O–H groups in total. The van der Waals surface area contributed by atoms with E-state index in [1.165, 1.54) is 12.1 Å². The lowest BCUT2D eigenvalue weighted by Crippen LogP contribution is -2.10. The van der Waals surface area contributed by atoms with Gasteiger partial charge in [-0.2, -0.15) is 0 Å². The standard InChI is InChI=1S/C17H17ClF2O/c1-17(2,3)12-4-6-13(7-5-12)21-16-14(19)8-11(10-18)9-15(16)20/h4-9H,10H2,1-3H3. The molecule has 0 spiro atoms. The molecule has 0 aliphatic heterocycles. The Bertz CT molecular complexity index is 607. The van der Waals surface area contributed by atoms with E-state index in [9.17, 15) is 8.78 Å². The van der Waals surface area contributed by atoms with Gasteiger partial charge < -0.3 is 4.74 Å². The summed E-state index contributed by atoms with van der Waals surface area (Å²) in [5.41, 5.74) is 1.51. The number of hydrogen-bond acceptors (Lipinski definition) is 1. The van der Waals surface area contributed by atoms with Crippen LogP contribution in [0.15, 0.2) is 36.4 Å². The Balaban J connectivity index is 2.26. The highest BCUT2D eigenvalue weighted by Gasteiger charge is 2.15. The Morgan fingerprint density at radius 3 is 1.95 bits per heavy atom. The van der Waals surface area contributed by atoms with Crippen LogP contribution in [-0.2, 0) is 11.3 Å². The van der Waals surface area contributed by atoms with Crippen LogP contribution in [-0.4, -0.2) is 0 Å². The monoisotopic (exact) mass is 310 g/mol. The zero-order valence-electron chi connectivity index (χ0n) is 12.2. The fourth-order valence-corrected chi connectivity index (χ4v) is 2.08. The second-order valence-corrected chi connectivity index (χ2v) is 6.17. The number of benzene rings is 2. The largest absolute Gasteiger partial charge is 0.451 e. The zero-order valence-corrected chi connectivity index (χ0v) is 13.0. The molecule has 2 aromatic carbocycles. The molecule has 0 amide bonds. The van der Waals surface area contributed by atoms with Crippen molar-refractivity contribution in [2.45, 2.75) is 32.1 Å². The number of rotatable bonds is 3. The fourth-order valence-electron chi connectivity index (χ4n) is 1.93. The second-order valence-electron chi connectivity index (χ2n) is 5.90. The quantitative estimate of drug-likeness (QED) is 0.652. The van der Waals surface area contributed by atoms with E-state index >= 15 is 0 Å². The molecule has 0 saturated heterocycles. The van der Waals surface area contributed by atoms with Gasteiger partial charge in [-0.25, -0.2) is 8.78 Å². The summed E-state index contributed by atoms with van der Waals surface area (Å²) < 4.78 is 33.0. The first-order valence-corrected chi connectivity index (χ1v) is 7.17. The third kappa shape index (κ3) is 3.73. The van der Waals surface area contributed by atoms with Gasteiger partial charge in [0.05, 0.1) is 0 Å². The summed E-state index contributed by atoms with van der Waals surface area (Å²) in [6.07, 6.45) is 0. The number of alkyl halides is 1. The van der Waals surface area contributed by atoms with Crippen LogP contribution in [0.25, 0.3) is 0 Å².